The number of carbonyl (C=O) groups excluding carboxylic acids is 2. The summed E-state index contributed by atoms with van der Waals surface area (Å²) < 4.78 is 2.07. The van der Waals surface area contributed by atoms with Crippen molar-refractivity contribution in [3.8, 4) is 0 Å². The van der Waals surface area contributed by atoms with Crippen LogP contribution in [0.4, 0.5) is 0 Å². The third-order valence-corrected chi connectivity index (χ3v) is 3.26. The molecule has 0 aliphatic heterocycles. The highest BCUT2D eigenvalue weighted by atomic mass is 16.2. The molecule has 0 bridgehead atoms. The number of aryl methyl sites for hydroxylation is 1. The molecule has 110 valence electrons. The molecule has 0 fully saturated rings. The summed E-state index contributed by atoms with van der Waals surface area (Å²) in [7, 11) is 0. The molecular formula is C17H20N2O2. The lowest BCUT2D eigenvalue weighted by molar-refractivity contribution is -0.121. The van der Waals surface area contributed by atoms with Gasteiger partial charge < -0.3 is 9.88 Å². The van der Waals surface area contributed by atoms with Crippen LogP contribution >= 0.6 is 0 Å². The minimum Gasteiger partial charge on any atom is -0.356 e. The number of Topliss-reactive ketones (excluding diaryl/α,β-unsaturated/α-hetero) is 1. The van der Waals surface area contributed by atoms with E-state index >= 15 is 0 Å². The van der Waals surface area contributed by atoms with Crippen LogP contribution in [0.5, 0.6) is 0 Å². The van der Waals surface area contributed by atoms with Crippen LogP contribution in [0.3, 0.4) is 0 Å². The Morgan fingerprint density at radius 3 is 2.38 bits per heavy atom. The van der Waals surface area contributed by atoms with E-state index < -0.39 is 0 Å². The van der Waals surface area contributed by atoms with Crippen LogP contribution in [0, 0.1) is 0 Å². The molecule has 0 unspecified atom stereocenters. The fourth-order valence-electron chi connectivity index (χ4n) is 2.09. The number of nitrogens with one attached hydrogen (secondary N) is 1. The molecule has 4 nitrogen and oxygen atoms in total. The molecule has 1 heterocycles. The van der Waals surface area contributed by atoms with E-state index in [2.05, 4.69) is 9.88 Å². The first-order chi connectivity index (χ1) is 10.3. The summed E-state index contributed by atoms with van der Waals surface area (Å²) in [6.07, 6.45) is 5.39. The zero-order valence-electron chi connectivity index (χ0n) is 12.0. The molecule has 1 aromatic heterocycles. The lowest BCUT2D eigenvalue weighted by Crippen LogP contribution is -2.25. The maximum Gasteiger partial charge on any atom is 0.220 e. The number of nitrogens with zero attached hydrogens (tertiary/aromatic N) is 1. The third kappa shape index (κ3) is 5.26. The summed E-state index contributed by atoms with van der Waals surface area (Å²) in [6, 6.07) is 13.0. The molecule has 2 aromatic rings. The molecule has 0 aliphatic carbocycles. The second-order valence-corrected chi connectivity index (χ2v) is 4.91. The highest BCUT2D eigenvalue weighted by molar-refractivity contribution is 5.97. The van der Waals surface area contributed by atoms with E-state index in [4.69, 9.17) is 0 Å². The maximum absolute atomic E-state index is 11.9. The van der Waals surface area contributed by atoms with Crippen LogP contribution in [-0.2, 0) is 11.3 Å². The molecule has 0 spiro atoms. The van der Waals surface area contributed by atoms with Gasteiger partial charge in [-0.25, -0.2) is 0 Å². The van der Waals surface area contributed by atoms with Crippen LogP contribution in [0.25, 0.3) is 0 Å². The van der Waals surface area contributed by atoms with E-state index in [0.717, 1.165) is 13.0 Å². The summed E-state index contributed by atoms with van der Waals surface area (Å²) in [5.41, 5.74) is 0.665. The van der Waals surface area contributed by atoms with Crippen LogP contribution in [-0.4, -0.2) is 22.8 Å². The van der Waals surface area contributed by atoms with Gasteiger partial charge in [0.25, 0.3) is 0 Å². The average molecular weight is 284 g/mol. The molecule has 0 atom stereocenters. The highest BCUT2D eigenvalue weighted by Crippen LogP contribution is 2.04. The Morgan fingerprint density at radius 2 is 1.67 bits per heavy atom. The molecular weight excluding hydrogens is 264 g/mol. The molecule has 1 amide bonds. The van der Waals surface area contributed by atoms with Crippen molar-refractivity contribution in [2.75, 3.05) is 6.54 Å². The average Bonchev–Trinajstić information content (AvgIpc) is 3.03. The number of benzene rings is 1. The predicted molar refractivity (Wildman–Crippen MR) is 82.1 cm³/mol. The van der Waals surface area contributed by atoms with Crippen molar-refractivity contribution in [3.63, 3.8) is 0 Å². The predicted octanol–water partition coefficient (Wildman–Crippen LogP) is 2.66. The Labute approximate surface area is 124 Å². The lowest BCUT2D eigenvalue weighted by Gasteiger charge is -2.06. The van der Waals surface area contributed by atoms with Crippen molar-refractivity contribution in [1.29, 1.82) is 0 Å². The molecule has 0 aliphatic rings. The van der Waals surface area contributed by atoms with Gasteiger partial charge in [0.05, 0.1) is 0 Å². The van der Waals surface area contributed by atoms with Crippen LogP contribution in [0.2, 0.25) is 0 Å². The molecule has 0 radical (unpaired) electrons. The molecule has 1 N–H and O–H groups in total. The van der Waals surface area contributed by atoms with E-state index in [0.29, 0.717) is 12.1 Å². The van der Waals surface area contributed by atoms with Gasteiger partial charge in [0.15, 0.2) is 5.78 Å². The number of carbonyl (C=O) groups is 2. The summed E-state index contributed by atoms with van der Waals surface area (Å²) in [5.74, 6) is -0.0510. The van der Waals surface area contributed by atoms with Gasteiger partial charge in [-0.1, -0.05) is 30.3 Å². The monoisotopic (exact) mass is 284 g/mol. The van der Waals surface area contributed by atoms with Gasteiger partial charge in [-0.3, -0.25) is 9.59 Å². The number of ketones is 1. The first kappa shape index (κ1) is 15.0. The number of amides is 1. The van der Waals surface area contributed by atoms with Crippen molar-refractivity contribution in [2.24, 2.45) is 0 Å². The Bertz CT molecular complexity index is 562. The minimum absolute atomic E-state index is 0.0121. The fourth-order valence-corrected chi connectivity index (χ4v) is 2.09. The first-order valence-electron chi connectivity index (χ1n) is 7.21. The summed E-state index contributed by atoms with van der Waals surface area (Å²) in [4.78, 5) is 23.5. The highest BCUT2D eigenvalue weighted by Gasteiger charge is 2.08. The summed E-state index contributed by atoms with van der Waals surface area (Å²) >= 11 is 0. The standard InChI is InChI=1S/C17H20N2O2/c20-16(15-7-2-1-3-8-15)9-10-17(21)18-11-6-14-19-12-4-5-13-19/h1-5,7-8,12-13H,6,9-11,14H2,(H,18,21). The Kier molecular flexibility index (Phi) is 5.76. The topological polar surface area (TPSA) is 51.1 Å². The summed E-state index contributed by atoms with van der Waals surface area (Å²) in [6.45, 7) is 1.52. The zero-order chi connectivity index (χ0) is 14.9. The van der Waals surface area contributed by atoms with Gasteiger partial charge in [-0.2, -0.15) is 0 Å². The van der Waals surface area contributed by atoms with Crippen molar-refractivity contribution >= 4 is 11.7 Å². The van der Waals surface area contributed by atoms with E-state index in [1.54, 1.807) is 12.1 Å². The number of hydrogen-bond acceptors (Lipinski definition) is 2. The maximum atomic E-state index is 11.9. The second-order valence-electron chi connectivity index (χ2n) is 4.91. The Balaban J connectivity index is 1.60. The number of aromatic nitrogens is 1. The SMILES string of the molecule is O=C(CCC(=O)c1ccccc1)NCCCn1cccc1. The van der Waals surface area contributed by atoms with E-state index in [1.165, 1.54) is 0 Å². The van der Waals surface area contributed by atoms with E-state index in [9.17, 15) is 9.59 Å². The number of hydrogen-bond donors (Lipinski definition) is 1. The Hall–Kier alpha value is -2.36. The van der Waals surface area contributed by atoms with Crippen molar-refractivity contribution in [3.05, 3.63) is 60.4 Å². The molecule has 4 heteroatoms. The largest absolute Gasteiger partial charge is 0.356 e. The Morgan fingerprint density at radius 1 is 0.952 bits per heavy atom. The molecule has 1 aromatic carbocycles. The number of rotatable bonds is 8. The molecule has 0 saturated heterocycles. The quantitative estimate of drug-likeness (QED) is 0.598. The van der Waals surface area contributed by atoms with Crippen LogP contribution < -0.4 is 5.32 Å². The third-order valence-electron chi connectivity index (χ3n) is 3.26. The van der Waals surface area contributed by atoms with Crippen molar-refractivity contribution < 1.29 is 9.59 Å². The van der Waals surface area contributed by atoms with Gasteiger partial charge in [-0.15, -0.1) is 0 Å². The molecule has 0 saturated carbocycles. The van der Waals surface area contributed by atoms with Gasteiger partial charge in [0.2, 0.25) is 5.91 Å². The van der Waals surface area contributed by atoms with Crippen molar-refractivity contribution in [1.82, 2.24) is 9.88 Å². The van der Waals surface area contributed by atoms with Crippen LogP contribution in [0.1, 0.15) is 29.6 Å². The van der Waals surface area contributed by atoms with Gasteiger partial charge >= 0.3 is 0 Å². The van der Waals surface area contributed by atoms with Crippen molar-refractivity contribution in [2.45, 2.75) is 25.8 Å². The zero-order valence-corrected chi connectivity index (χ0v) is 12.0. The molecule has 2 rings (SSSR count). The fraction of sp³-hybridized carbons (Fsp3) is 0.294. The van der Waals surface area contributed by atoms with E-state index in [1.807, 2.05) is 42.7 Å². The first-order valence-corrected chi connectivity index (χ1v) is 7.21. The minimum atomic E-state index is -0.0632. The summed E-state index contributed by atoms with van der Waals surface area (Å²) in [5, 5.41) is 2.85. The second kappa shape index (κ2) is 8.04. The van der Waals surface area contributed by atoms with Crippen LogP contribution in [0.15, 0.2) is 54.9 Å². The molecule has 21 heavy (non-hydrogen) atoms. The van der Waals surface area contributed by atoms with Gasteiger partial charge in [-0.05, 0) is 18.6 Å². The van der Waals surface area contributed by atoms with E-state index in [-0.39, 0.29) is 24.5 Å². The normalized spacial score (nSPS) is 10.3. The smallest absolute Gasteiger partial charge is 0.220 e. The van der Waals surface area contributed by atoms with Gasteiger partial charge in [0, 0.05) is 43.9 Å². The van der Waals surface area contributed by atoms with Gasteiger partial charge in [0.1, 0.15) is 0 Å². The lowest BCUT2D eigenvalue weighted by atomic mass is 10.1.